The van der Waals surface area contributed by atoms with Crippen LogP contribution in [0.3, 0.4) is 0 Å². The first-order chi connectivity index (χ1) is 12.9. The zero-order valence-electron chi connectivity index (χ0n) is 15.5. The molecule has 27 heavy (non-hydrogen) atoms. The number of hydrogen-bond acceptors (Lipinski definition) is 6. The van der Waals surface area contributed by atoms with E-state index in [0.29, 0.717) is 30.8 Å². The van der Waals surface area contributed by atoms with Crippen molar-refractivity contribution in [3.05, 3.63) is 29.8 Å². The Labute approximate surface area is 157 Å². The van der Waals surface area contributed by atoms with Crippen molar-refractivity contribution < 1.29 is 24.5 Å². The number of carbonyl (C=O) groups excluding carboxylic acids is 2. The molecule has 5 rings (SSSR count). The normalized spacial score (nSPS) is 40.5. The molecular formula is C20H24N2O5. The summed E-state index contributed by atoms with van der Waals surface area (Å²) in [6, 6.07) is 7.39. The number of benzene rings is 1. The first-order valence-corrected chi connectivity index (χ1v) is 9.53. The van der Waals surface area contributed by atoms with E-state index in [9.17, 15) is 19.8 Å². The molecule has 144 valence electrons. The van der Waals surface area contributed by atoms with E-state index >= 15 is 0 Å². The van der Waals surface area contributed by atoms with Gasteiger partial charge in [0, 0.05) is 31.0 Å². The molecule has 2 N–H and O–H groups in total. The van der Waals surface area contributed by atoms with Crippen LogP contribution < -0.4 is 4.90 Å². The Balaban J connectivity index is 1.80. The van der Waals surface area contributed by atoms with Crippen LogP contribution >= 0.6 is 0 Å². The van der Waals surface area contributed by atoms with Gasteiger partial charge in [0.05, 0.1) is 18.9 Å². The van der Waals surface area contributed by atoms with Gasteiger partial charge >= 0.3 is 5.97 Å². The van der Waals surface area contributed by atoms with Crippen molar-refractivity contribution in [3.63, 3.8) is 0 Å². The number of esters is 1. The Bertz CT molecular complexity index is 841. The zero-order chi connectivity index (χ0) is 19.1. The second-order valence-corrected chi connectivity index (χ2v) is 8.30. The zero-order valence-corrected chi connectivity index (χ0v) is 15.5. The maximum atomic E-state index is 13.3. The highest BCUT2D eigenvalue weighted by molar-refractivity contribution is 6.02. The van der Waals surface area contributed by atoms with Crippen molar-refractivity contribution in [1.82, 2.24) is 4.90 Å². The van der Waals surface area contributed by atoms with Crippen molar-refractivity contribution in [1.29, 1.82) is 0 Å². The molecular weight excluding hydrogens is 348 g/mol. The lowest BCUT2D eigenvalue weighted by Crippen LogP contribution is -2.78. The molecule has 1 aromatic rings. The van der Waals surface area contributed by atoms with Gasteiger partial charge in [0.15, 0.2) is 0 Å². The van der Waals surface area contributed by atoms with Crippen molar-refractivity contribution in [2.45, 2.75) is 37.1 Å². The number of fused-ring (bicyclic) bond motifs is 4. The third-order valence-corrected chi connectivity index (χ3v) is 7.34. The van der Waals surface area contributed by atoms with E-state index in [-0.39, 0.29) is 24.2 Å². The highest BCUT2D eigenvalue weighted by atomic mass is 16.5. The van der Waals surface area contributed by atoms with E-state index in [4.69, 9.17) is 4.74 Å². The number of methoxy groups -OCH3 is 1. The van der Waals surface area contributed by atoms with Crippen molar-refractivity contribution in [3.8, 4) is 0 Å². The number of ether oxygens (including phenoxy) is 1. The predicted octanol–water partition coefficient (Wildman–Crippen LogP) is 0.443. The monoisotopic (exact) mass is 372 g/mol. The summed E-state index contributed by atoms with van der Waals surface area (Å²) in [5.74, 6) is -1.84. The van der Waals surface area contributed by atoms with Crippen LogP contribution in [0.15, 0.2) is 24.3 Å². The Morgan fingerprint density at radius 1 is 1.37 bits per heavy atom. The second-order valence-electron chi connectivity index (χ2n) is 8.30. The first kappa shape index (κ1) is 17.2. The van der Waals surface area contributed by atoms with Crippen LogP contribution in [0.4, 0.5) is 5.69 Å². The molecule has 4 heterocycles. The molecule has 1 aromatic carbocycles. The number of rotatable bonds is 2. The minimum absolute atomic E-state index is 0.110. The lowest BCUT2D eigenvalue weighted by molar-refractivity contribution is -0.194. The van der Waals surface area contributed by atoms with Crippen LogP contribution in [0.25, 0.3) is 0 Å². The summed E-state index contributed by atoms with van der Waals surface area (Å²) in [6.45, 7) is 2.80. The van der Waals surface area contributed by atoms with Crippen LogP contribution in [-0.4, -0.2) is 59.0 Å². The molecule has 4 aliphatic heterocycles. The molecule has 0 radical (unpaired) electrons. The van der Waals surface area contributed by atoms with E-state index in [0.717, 1.165) is 0 Å². The molecule has 7 nitrogen and oxygen atoms in total. The number of para-hydroxylation sites is 1. The van der Waals surface area contributed by atoms with Crippen LogP contribution in [0.2, 0.25) is 0 Å². The molecule has 0 aromatic heterocycles. The summed E-state index contributed by atoms with van der Waals surface area (Å²) in [6.07, 6.45) is -0.0630. The Kier molecular flexibility index (Phi) is 3.37. The molecule has 2 bridgehead atoms. The Morgan fingerprint density at radius 2 is 2.11 bits per heavy atom. The molecule has 0 aliphatic carbocycles. The van der Waals surface area contributed by atoms with Gasteiger partial charge in [-0.25, -0.2) is 0 Å². The Morgan fingerprint density at radius 3 is 2.81 bits per heavy atom. The second kappa shape index (κ2) is 5.31. The first-order valence-electron chi connectivity index (χ1n) is 9.53. The standard InChI is InChI=1S/C20H24N2O5/c1-11(23)13-10-21-8-7-19(26)14-5-3-4-6-15(14)22-16(24)9-12(13)17(18(25)27-2)20(19,21)22/h3-6,11-13,17,23,26H,7-10H2,1-2H3/t11-,12+,13-,17?,19-,20-/m1/s1. The average Bonchev–Trinajstić information content (AvgIpc) is 3.04. The number of carbonyl (C=O) groups is 2. The quantitative estimate of drug-likeness (QED) is 0.733. The lowest BCUT2D eigenvalue weighted by Gasteiger charge is -2.61. The molecule has 3 fully saturated rings. The fourth-order valence-electron chi connectivity index (χ4n) is 6.40. The van der Waals surface area contributed by atoms with Gasteiger partial charge in [-0.2, -0.15) is 0 Å². The third kappa shape index (κ3) is 1.74. The van der Waals surface area contributed by atoms with E-state index in [1.807, 2.05) is 29.2 Å². The van der Waals surface area contributed by atoms with Gasteiger partial charge in [0.2, 0.25) is 5.91 Å². The number of piperidine rings is 2. The number of nitrogens with zero attached hydrogens (tertiary/aromatic N) is 2. The summed E-state index contributed by atoms with van der Waals surface area (Å²) in [4.78, 5) is 30.0. The number of aliphatic hydroxyl groups is 2. The number of hydrogen-bond donors (Lipinski definition) is 2. The van der Waals surface area contributed by atoms with Gasteiger partial charge in [0.25, 0.3) is 0 Å². The SMILES string of the molecule is COC(=O)C1[C@H]2CC(=O)N3c4ccccc4[C@]4(O)CCN(C[C@@H]2[C@@H](C)O)[C@]134. The largest absolute Gasteiger partial charge is 0.469 e. The summed E-state index contributed by atoms with van der Waals surface area (Å²) in [5, 5.41) is 22.3. The summed E-state index contributed by atoms with van der Waals surface area (Å²) < 4.78 is 5.16. The van der Waals surface area contributed by atoms with Crippen LogP contribution in [0.1, 0.15) is 25.3 Å². The smallest absolute Gasteiger partial charge is 0.312 e. The van der Waals surface area contributed by atoms with Crippen molar-refractivity contribution in [2.75, 3.05) is 25.1 Å². The maximum absolute atomic E-state index is 13.3. The minimum Gasteiger partial charge on any atom is -0.469 e. The van der Waals surface area contributed by atoms with Crippen LogP contribution in [0.5, 0.6) is 0 Å². The minimum atomic E-state index is -1.33. The molecule has 6 atom stereocenters. The van der Waals surface area contributed by atoms with Crippen molar-refractivity contribution in [2.24, 2.45) is 17.8 Å². The number of anilines is 1. The third-order valence-electron chi connectivity index (χ3n) is 7.34. The molecule has 0 saturated carbocycles. The van der Waals surface area contributed by atoms with E-state index in [2.05, 4.69) is 0 Å². The van der Waals surface area contributed by atoms with Gasteiger partial charge in [-0.15, -0.1) is 0 Å². The molecule has 4 aliphatic rings. The van der Waals surface area contributed by atoms with Crippen LogP contribution in [-0.2, 0) is 19.9 Å². The fourth-order valence-corrected chi connectivity index (χ4v) is 6.40. The van der Waals surface area contributed by atoms with E-state index in [1.165, 1.54) is 7.11 Å². The highest BCUT2D eigenvalue weighted by Crippen LogP contribution is 2.66. The summed E-state index contributed by atoms with van der Waals surface area (Å²) in [7, 11) is 1.34. The topological polar surface area (TPSA) is 90.3 Å². The van der Waals surface area contributed by atoms with E-state index in [1.54, 1.807) is 11.8 Å². The number of aliphatic hydroxyl groups excluding tert-OH is 1. The molecule has 1 unspecified atom stereocenters. The van der Waals surface area contributed by atoms with Gasteiger partial charge < -0.3 is 14.9 Å². The Hall–Kier alpha value is -1.96. The molecule has 1 amide bonds. The molecule has 3 saturated heterocycles. The van der Waals surface area contributed by atoms with Crippen LogP contribution in [0, 0.1) is 17.8 Å². The lowest BCUT2D eigenvalue weighted by atomic mass is 9.61. The summed E-state index contributed by atoms with van der Waals surface area (Å²) >= 11 is 0. The highest BCUT2D eigenvalue weighted by Gasteiger charge is 2.78. The molecule has 7 heteroatoms. The van der Waals surface area contributed by atoms with Gasteiger partial charge in [-0.1, -0.05) is 18.2 Å². The predicted molar refractivity (Wildman–Crippen MR) is 95.5 cm³/mol. The van der Waals surface area contributed by atoms with Crippen molar-refractivity contribution >= 4 is 17.6 Å². The summed E-state index contributed by atoms with van der Waals surface area (Å²) in [5.41, 5.74) is -1.13. The molecule has 1 spiro atoms. The van der Waals surface area contributed by atoms with Gasteiger partial charge in [-0.05, 0) is 25.3 Å². The number of amides is 1. The average molecular weight is 372 g/mol. The maximum Gasteiger partial charge on any atom is 0.312 e. The fraction of sp³-hybridized carbons (Fsp3) is 0.600. The van der Waals surface area contributed by atoms with Gasteiger partial charge in [0.1, 0.15) is 17.2 Å². The van der Waals surface area contributed by atoms with E-state index < -0.39 is 29.3 Å². The van der Waals surface area contributed by atoms with Gasteiger partial charge in [-0.3, -0.25) is 19.4 Å².